The summed E-state index contributed by atoms with van der Waals surface area (Å²) in [5.74, 6) is -0.250. The Morgan fingerprint density at radius 2 is 1.63 bits per heavy atom. The smallest absolute Gasteiger partial charge is 0.258 e. The summed E-state index contributed by atoms with van der Waals surface area (Å²) in [7, 11) is 0. The lowest BCUT2D eigenvalue weighted by Gasteiger charge is -2.13. The molecule has 8 heteroatoms. The molecule has 0 saturated heterocycles. The second-order valence-corrected chi connectivity index (χ2v) is 7.39. The summed E-state index contributed by atoms with van der Waals surface area (Å²) in [6, 6.07) is 18.8. The largest absolute Gasteiger partial charge is 0.378 e. The topological polar surface area (TPSA) is 75.5 Å². The summed E-state index contributed by atoms with van der Waals surface area (Å²) in [5, 5.41) is 7.14. The minimum Gasteiger partial charge on any atom is -0.378 e. The molecule has 0 bridgehead atoms. The zero-order valence-electron chi connectivity index (χ0n) is 15.6. The molecule has 4 rings (SSSR count). The average Bonchev–Trinajstić information content (AvgIpc) is 2.74. The lowest BCUT2D eigenvalue weighted by Crippen LogP contribution is -2.17. The number of hydrogen-bond acceptors (Lipinski definition) is 4. The Morgan fingerprint density at radius 3 is 2.40 bits per heavy atom. The predicted octanol–water partition coefficient (Wildman–Crippen LogP) is 4.87. The van der Waals surface area contributed by atoms with Crippen molar-refractivity contribution in [2.24, 2.45) is 0 Å². The first kappa shape index (κ1) is 19.9. The number of halogens is 2. The molecular weight excluding hydrogens is 423 g/mol. The van der Waals surface area contributed by atoms with Gasteiger partial charge in [-0.1, -0.05) is 35.3 Å². The van der Waals surface area contributed by atoms with Crippen molar-refractivity contribution in [3.8, 4) is 0 Å². The molecule has 0 aliphatic heterocycles. The number of amides is 1. The van der Waals surface area contributed by atoms with Crippen LogP contribution >= 0.6 is 23.2 Å². The third kappa shape index (κ3) is 4.45. The summed E-state index contributed by atoms with van der Waals surface area (Å²) in [5.41, 5.74) is 2.68. The molecule has 0 unspecified atom stereocenters. The van der Waals surface area contributed by atoms with Gasteiger partial charge < -0.3 is 10.6 Å². The van der Waals surface area contributed by atoms with Gasteiger partial charge in [-0.15, -0.1) is 0 Å². The predicted molar refractivity (Wildman–Crippen MR) is 120 cm³/mol. The van der Waals surface area contributed by atoms with E-state index < -0.39 is 0 Å². The number of fused-ring (bicyclic) bond motifs is 1. The van der Waals surface area contributed by atoms with E-state index in [1.54, 1.807) is 42.5 Å². The Labute approximate surface area is 182 Å². The Balaban J connectivity index is 1.53. The zero-order chi connectivity index (χ0) is 21.1. The quantitative estimate of drug-likeness (QED) is 0.466. The third-order valence-corrected chi connectivity index (χ3v) is 4.89. The SMILES string of the molecule is O=C(Nc1ccccc1NCc1cc(=O)n2cc(Cl)ccc2n1)c1ccc(Cl)cc1. The number of rotatable bonds is 5. The Morgan fingerprint density at radius 1 is 0.933 bits per heavy atom. The van der Waals surface area contributed by atoms with Crippen LogP contribution in [0.2, 0.25) is 10.0 Å². The van der Waals surface area contributed by atoms with Crippen molar-refractivity contribution in [2.45, 2.75) is 6.54 Å². The summed E-state index contributed by atoms with van der Waals surface area (Å²) < 4.78 is 1.39. The highest BCUT2D eigenvalue weighted by molar-refractivity contribution is 6.30. The van der Waals surface area contributed by atoms with Crippen LogP contribution in [0.1, 0.15) is 16.1 Å². The van der Waals surface area contributed by atoms with Gasteiger partial charge in [0.05, 0.1) is 28.6 Å². The Bertz CT molecular complexity index is 1290. The van der Waals surface area contributed by atoms with Crippen LogP contribution in [0.4, 0.5) is 11.4 Å². The fourth-order valence-corrected chi connectivity index (χ4v) is 3.23. The minimum absolute atomic E-state index is 0.219. The van der Waals surface area contributed by atoms with Gasteiger partial charge >= 0.3 is 0 Å². The number of hydrogen-bond donors (Lipinski definition) is 2. The highest BCUT2D eigenvalue weighted by Gasteiger charge is 2.10. The Hall–Kier alpha value is -3.35. The number of benzene rings is 2. The summed E-state index contributed by atoms with van der Waals surface area (Å²) >= 11 is 11.8. The van der Waals surface area contributed by atoms with Crippen molar-refractivity contribution in [3.05, 3.63) is 105 Å². The molecule has 4 aromatic rings. The van der Waals surface area contributed by atoms with Crippen molar-refractivity contribution in [1.29, 1.82) is 0 Å². The monoisotopic (exact) mass is 438 g/mol. The molecule has 2 aromatic carbocycles. The molecule has 2 N–H and O–H groups in total. The van der Waals surface area contributed by atoms with Gasteiger partial charge in [0.15, 0.2) is 0 Å². The van der Waals surface area contributed by atoms with E-state index in [1.165, 1.54) is 16.7 Å². The van der Waals surface area contributed by atoms with Gasteiger partial charge in [0.25, 0.3) is 11.5 Å². The molecule has 2 heterocycles. The van der Waals surface area contributed by atoms with Crippen LogP contribution in [0.25, 0.3) is 5.65 Å². The van der Waals surface area contributed by atoms with E-state index in [0.29, 0.717) is 44.9 Å². The molecule has 0 fully saturated rings. The molecule has 2 aromatic heterocycles. The fourth-order valence-electron chi connectivity index (χ4n) is 2.94. The van der Waals surface area contributed by atoms with E-state index >= 15 is 0 Å². The lowest BCUT2D eigenvalue weighted by molar-refractivity contribution is 0.102. The van der Waals surface area contributed by atoms with Crippen molar-refractivity contribution in [3.63, 3.8) is 0 Å². The van der Waals surface area contributed by atoms with Crippen LogP contribution in [0.5, 0.6) is 0 Å². The first-order valence-corrected chi connectivity index (χ1v) is 9.83. The molecular formula is C22H16Cl2N4O2. The molecule has 150 valence electrons. The van der Waals surface area contributed by atoms with Crippen LogP contribution in [0.15, 0.2) is 77.7 Å². The first-order chi connectivity index (χ1) is 14.5. The van der Waals surface area contributed by atoms with Gasteiger partial charge in [-0.3, -0.25) is 14.0 Å². The second-order valence-electron chi connectivity index (χ2n) is 6.52. The lowest BCUT2D eigenvalue weighted by atomic mass is 10.2. The highest BCUT2D eigenvalue weighted by Crippen LogP contribution is 2.22. The maximum absolute atomic E-state index is 12.5. The minimum atomic E-state index is -0.250. The molecule has 30 heavy (non-hydrogen) atoms. The van der Waals surface area contributed by atoms with E-state index in [2.05, 4.69) is 15.6 Å². The van der Waals surface area contributed by atoms with E-state index in [9.17, 15) is 9.59 Å². The zero-order valence-corrected chi connectivity index (χ0v) is 17.1. The first-order valence-electron chi connectivity index (χ1n) is 9.07. The van der Waals surface area contributed by atoms with Crippen LogP contribution in [0, 0.1) is 0 Å². The molecule has 0 aliphatic rings. The number of aromatic nitrogens is 2. The van der Waals surface area contributed by atoms with Gasteiger partial charge in [-0.2, -0.15) is 0 Å². The molecule has 0 saturated carbocycles. The number of carbonyl (C=O) groups is 1. The molecule has 1 amide bonds. The molecule has 0 radical (unpaired) electrons. The van der Waals surface area contributed by atoms with Crippen LogP contribution in [0.3, 0.4) is 0 Å². The van der Waals surface area contributed by atoms with Crippen LogP contribution in [-0.2, 0) is 6.54 Å². The highest BCUT2D eigenvalue weighted by atomic mass is 35.5. The normalized spacial score (nSPS) is 10.7. The number of para-hydroxylation sites is 2. The summed E-state index contributed by atoms with van der Waals surface area (Å²) in [4.78, 5) is 29.3. The fraction of sp³-hybridized carbons (Fsp3) is 0.0455. The standard InChI is InChI=1S/C22H16Cl2N4O2/c23-15-7-5-14(6-8-15)22(30)27-19-4-2-1-3-18(19)25-12-17-11-21(29)28-13-16(24)9-10-20(28)26-17/h1-11,13,25H,12H2,(H,27,30). The number of nitrogens with zero attached hydrogens (tertiary/aromatic N) is 2. The maximum atomic E-state index is 12.5. The average molecular weight is 439 g/mol. The van der Waals surface area contributed by atoms with Gasteiger partial charge in [0.1, 0.15) is 5.65 Å². The van der Waals surface area contributed by atoms with E-state index in [1.807, 2.05) is 18.2 Å². The van der Waals surface area contributed by atoms with Crippen LogP contribution in [-0.4, -0.2) is 15.3 Å². The van der Waals surface area contributed by atoms with Crippen molar-refractivity contribution in [1.82, 2.24) is 9.38 Å². The van der Waals surface area contributed by atoms with Gasteiger partial charge in [-0.05, 0) is 48.5 Å². The molecule has 6 nitrogen and oxygen atoms in total. The third-order valence-electron chi connectivity index (χ3n) is 4.42. The summed E-state index contributed by atoms with van der Waals surface area (Å²) in [6.45, 7) is 0.308. The summed E-state index contributed by atoms with van der Waals surface area (Å²) in [6.07, 6.45) is 1.53. The van der Waals surface area contributed by atoms with E-state index in [0.717, 1.165) is 0 Å². The Kier molecular flexibility index (Phi) is 5.70. The number of anilines is 2. The molecule has 0 atom stereocenters. The van der Waals surface area contributed by atoms with Crippen LogP contribution < -0.4 is 16.2 Å². The maximum Gasteiger partial charge on any atom is 0.258 e. The second kappa shape index (κ2) is 8.57. The van der Waals surface area contributed by atoms with Gasteiger partial charge in [0, 0.05) is 22.8 Å². The van der Waals surface area contributed by atoms with Crippen molar-refractivity contribution >= 4 is 46.1 Å². The number of nitrogens with one attached hydrogen (secondary N) is 2. The van der Waals surface area contributed by atoms with E-state index in [-0.39, 0.29) is 11.5 Å². The van der Waals surface area contributed by atoms with Crippen molar-refractivity contribution in [2.75, 3.05) is 10.6 Å². The molecule has 0 spiro atoms. The number of carbonyl (C=O) groups excluding carboxylic acids is 1. The number of pyridine rings is 1. The molecule has 0 aliphatic carbocycles. The van der Waals surface area contributed by atoms with Gasteiger partial charge in [-0.25, -0.2) is 4.98 Å². The van der Waals surface area contributed by atoms with Crippen molar-refractivity contribution < 1.29 is 4.79 Å². The van der Waals surface area contributed by atoms with Gasteiger partial charge in [0.2, 0.25) is 0 Å². The van der Waals surface area contributed by atoms with E-state index in [4.69, 9.17) is 23.2 Å².